The highest BCUT2D eigenvalue weighted by Gasteiger charge is 2.12. The zero-order valence-electron chi connectivity index (χ0n) is 13.7. The van der Waals surface area contributed by atoms with Crippen molar-refractivity contribution >= 4 is 17.5 Å². The maximum atomic E-state index is 13.7. The summed E-state index contributed by atoms with van der Waals surface area (Å²) in [6, 6.07) is 12.2. The third-order valence-corrected chi connectivity index (χ3v) is 3.84. The number of benzene rings is 2. The van der Waals surface area contributed by atoms with Crippen molar-refractivity contribution in [3.8, 4) is 5.75 Å². The molecule has 6 heteroatoms. The Kier molecular flexibility index (Phi) is 6.58. The summed E-state index contributed by atoms with van der Waals surface area (Å²) in [5, 5.41) is 3.54. The minimum Gasteiger partial charge on any atom is -0.494 e. The highest BCUT2D eigenvalue weighted by molar-refractivity contribution is 6.30. The molecular weight excluding hydrogens is 331 g/mol. The smallest absolute Gasteiger partial charge is 0.275 e. The molecule has 1 amide bonds. The zero-order valence-corrected chi connectivity index (χ0v) is 14.5. The standard InChI is InChI=1S/C18H20ClFN2O2/c1-22(11-14-5-8-17(24-2)16(20)9-14)12-18(23)21-10-13-3-6-15(19)7-4-13/h3-9H,10-12H2,1-2H3,(H,21,23)/p+1. The molecule has 2 N–H and O–H groups in total. The topological polar surface area (TPSA) is 42.8 Å². The van der Waals surface area contributed by atoms with E-state index in [0.717, 1.165) is 16.0 Å². The summed E-state index contributed by atoms with van der Waals surface area (Å²) in [4.78, 5) is 13.0. The average Bonchev–Trinajstić information content (AvgIpc) is 2.54. The molecule has 0 saturated carbocycles. The SMILES string of the molecule is COc1ccc(C[NH+](C)CC(=O)NCc2ccc(Cl)cc2)cc1F. The van der Waals surface area contributed by atoms with Crippen molar-refractivity contribution in [2.45, 2.75) is 13.1 Å². The Morgan fingerprint density at radius 2 is 1.88 bits per heavy atom. The second kappa shape index (κ2) is 8.66. The minimum atomic E-state index is -0.394. The van der Waals surface area contributed by atoms with Crippen molar-refractivity contribution < 1.29 is 18.8 Å². The van der Waals surface area contributed by atoms with Crippen LogP contribution in [-0.2, 0) is 17.9 Å². The van der Waals surface area contributed by atoms with Gasteiger partial charge in [-0.05, 0) is 35.9 Å². The van der Waals surface area contributed by atoms with Crippen molar-refractivity contribution in [2.24, 2.45) is 0 Å². The van der Waals surface area contributed by atoms with E-state index in [1.807, 2.05) is 19.2 Å². The van der Waals surface area contributed by atoms with Gasteiger partial charge in [-0.1, -0.05) is 23.7 Å². The van der Waals surface area contributed by atoms with Gasteiger partial charge in [0.15, 0.2) is 18.1 Å². The second-order valence-electron chi connectivity index (χ2n) is 5.68. The Morgan fingerprint density at radius 1 is 1.21 bits per heavy atom. The highest BCUT2D eigenvalue weighted by Crippen LogP contribution is 2.17. The first kappa shape index (κ1) is 18.2. The molecule has 0 spiro atoms. The molecule has 2 aromatic rings. The van der Waals surface area contributed by atoms with Crippen molar-refractivity contribution in [1.82, 2.24) is 5.32 Å². The first-order valence-electron chi connectivity index (χ1n) is 7.63. The van der Waals surface area contributed by atoms with Gasteiger partial charge in [-0.15, -0.1) is 0 Å². The first-order chi connectivity index (χ1) is 11.5. The summed E-state index contributed by atoms with van der Waals surface area (Å²) < 4.78 is 18.6. The number of hydrogen-bond acceptors (Lipinski definition) is 2. The lowest BCUT2D eigenvalue weighted by Gasteiger charge is -2.14. The van der Waals surface area contributed by atoms with E-state index in [4.69, 9.17) is 16.3 Å². The van der Waals surface area contributed by atoms with Crippen LogP contribution in [-0.4, -0.2) is 26.6 Å². The van der Waals surface area contributed by atoms with E-state index >= 15 is 0 Å². The molecule has 24 heavy (non-hydrogen) atoms. The van der Waals surface area contributed by atoms with E-state index in [1.54, 1.807) is 24.3 Å². The number of likely N-dealkylation sites (N-methyl/N-ethyl adjacent to an activating group) is 1. The Bertz CT molecular complexity index is 692. The molecule has 0 aliphatic rings. The Morgan fingerprint density at radius 3 is 2.50 bits per heavy atom. The fourth-order valence-electron chi connectivity index (χ4n) is 2.37. The number of carbonyl (C=O) groups is 1. The van der Waals surface area contributed by atoms with Crippen molar-refractivity contribution in [3.05, 3.63) is 64.4 Å². The quantitative estimate of drug-likeness (QED) is 0.799. The Balaban J connectivity index is 1.80. The summed E-state index contributed by atoms with van der Waals surface area (Å²) in [6.07, 6.45) is 0. The van der Waals surface area contributed by atoms with Crippen LogP contribution in [0.5, 0.6) is 5.75 Å². The maximum Gasteiger partial charge on any atom is 0.275 e. The van der Waals surface area contributed by atoms with Gasteiger partial charge in [0.05, 0.1) is 14.2 Å². The molecule has 2 rings (SSSR count). The van der Waals surface area contributed by atoms with Crippen LogP contribution in [0.25, 0.3) is 0 Å². The van der Waals surface area contributed by atoms with E-state index in [2.05, 4.69) is 5.32 Å². The fraction of sp³-hybridized carbons (Fsp3) is 0.278. The molecule has 0 bridgehead atoms. The predicted octanol–water partition coefficient (Wildman–Crippen LogP) is 1.82. The summed E-state index contributed by atoms with van der Waals surface area (Å²) in [5.41, 5.74) is 1.80. The zero-order chi connectivity index (χ0) is 17.5. The van der Waals surface area contributed by atoms with Crippen molar-refractivity contribution in [3.63, 3.8) is 0 Å². The number of rotatable bonds is 7. The summed E-state index contributed by atoms with van der Waals surface area (Å²) in [7, 11) is 3.32. The number of hydrogen-bond donors (Lipinski definition) is 2. The van der Waals surface area contributed by atoms with Crippen LogP contribution in [0.3, 0.4) is 0 Å². The molecule has 4 nitrogen and oxygen atoms in total. The largest absolute Gasteiger partial charge is 0.494 e. The summed E-state index contributed by atoms with van der Waals surface area (Å²) in [5.74, 6) is -0.233. The predicted molar refractivity (Wildman–Crippen MR) is 91.7 cm³/mol. The average molecular weight is 352 g/mol. The molecular formula is C18H21ClFN2O2+. The van der Waals surface area contributed by atoms with Crippen LogP contribution in [0.2, 0.25) is 5.02 Å². The van der Waals surface area contributed by atoms with E-state index in [1.165, 1.54) is 13.2 Å². The van der Waals surface area contributed by atoms with Crippen LogP contribution in [0.4, 0.5) is 4.39 Å². The van der Waals surface area contributed by atoms with Crippen LogP contribution < -0.4 is 15.0 Å². The third kappa shape index (κ3) is 5.51. The molecule has 0 heterocycles. The maximum absolute atomic E-state index is 13.7. The second-order valence-corrected chi connectivity index (χ2v) is 6.12. The van der Waals surface area contributed by atoms with Gasteiger partial charge in [0.1, 0.15) is 6.54 Å². The molecule has 0 fully saturated rings. The van der Waals surface area contributed by atoms with Crippen molar-refractivity contribution in [2.75, 3.05) is 20.7 Å². The molecule has 1 atom stereocenters. The van der Waals surface area contributed by atoms with E-state index in [0.29, 0.717) is 24.7 Å². The van der Waals surface area contributed by atoms with E-state index in [-0.39, 0.29) is 11.7 Å². The van der Waals surface area contributed by atoms with Crippen molar-refractivity contribution in [1.29, 1.82) is 0 Å². The number of amides is 1. The molecule has 0 saturated heterocycles. The molecule has 1 unspecified atom stereocenters. The van der Waals surface area contributed by atoms with E-state index in [9.17, 15) is 9.18 Å². The van der Waals surface area contributed by atoms with Gasteiger partial charge < -0.3 is 15.0 Å². The number of ether oxygens (including phenoxy) is 1. The third-order valence-electron chi connectivity index (χ3n) is 3.59. The number of methoxy groups -OCH3 is 1. The summed E-state index contributed by atoms with van der Waals surface area (Å²) in [6.45, 7) is 1.32. The monoisotopic (exact) mass is 351 g/mol. The fourth-order valence-corrected chi connectivity index (χ4v) is 2.50. The highest BCUT2D eigenvalue weighted by atomic mass is 35.5. The minimum absolute atomic E-state index is 0.0589. The Hall–Kier alpha value is -2.11. The number of quaternary nitrogens is 1. The normalized spacial score (nSPS) is 11.8. The lowest BCUT2D eigenvalue weighted by molar-refractivity contribution is -0.885. The van der Waals surface area contributed by atoms with Crippen LogP contribution in [0.1, 0.15) is 11.1 Å². The first-order valence-corrected chi connectivity index (χ1v) is 8.00. The molecule has 2 aromatic carbocycles. The van der Waals surface area contributed by atoms with Gasteiger partial charge in [-0.25, -0.2) is 4.39 Å². The van der Waals surface area contributed by atoms with Gasteiger partial charge >= 0.3 is 0 Å². The molecule has 0 aliphatic heterocycles. The number of carbonyl (C=O) groups excluding carboxylic acids is 1. The van der Waals surface area contributed by atoms with Gasteiger partial charge in [-0.3, -0.25) is 4.79 Å². The van der Waals surface area contributed by atoms with Gasteiger partial charge in [0, 0.05) is 17.1 Å². The number of halogens is 2. The van der Waals surface area contributed by atoms with E-state index < -0.39 is 5.82 Å². The molecule has 0 aromatic heterocycles. The van der Waals surface area contributed by atoms with Gasteiger partial charge in [-0.2, -0.15) is 0 Å². The summed E-state index contributed by atoms with van der Waals surface area (Å²) >= 11 is 5.83. The lowest BCUT2D eigenvalue weighted by Crippen LogP contribution is -3.08. The van der Waals surface area contributed by atoms with Crippen LogP contribution in [0.15, 0.2) is 42.5 Å². The molecule has 128 valence electrons. The van der Waals surface area contributed by atoms with Gasteiger partial charge in [0.2, 0.25) is 0 Å². The van der Waals surface area contributed by atoms with Crippen LogP contribution >= 0.6 is 11.6 Å². The lowest BCUT2D eigenvalue weighted by atomic mass is 10.2. The Labute approximate surface area is 146 Å². The van der Waals surface area contributed by atoms with Crippen LogP contribution in [0, 0.1) is 5.82 Å². The molecule has 0 radical (unpaired) electrons. The molecule has 0 aliphatic carbocycles. The number of nitrogens with one attached hydrogen (secondary N) is 2. The van der Waals surface area contributed by atoms with Gasteiger partial charge in [0.25, 0.3) is 5.91 Å².